The van der Waals surface area contributed by atoms with Gasteiger partial charge >= 0.3 is 5.97 Å². The number of hydrogen-bond donors (Lipinski definition) is 2. The third-order valence-corrected chi connectivity index (χ3v) is 7.65. The summed E-state index contributed by atoms with van der Waals surface area (Å²) in [5, 5.41) is 9.07. The fourth-order valence-electron chi connectivity index (χ4n) is 3.14. The average molecular weight is 394 g/mol. The average Bonchev–Trinajstić information content (AvgIpc) is 3.08. The van der Waals surface area contributed by atoms with Gasteiger partial charge in [0, 0.05) is 25.9 Å². The van der Waals surface area contributed by atoms with Crippen molar-refractivity contribution in [3.8, 4) is 9.75 Å². The minimum absolute atomic E-state index is 0.0148. The summed E-state index contributed by atoms with van der Waals surface area (Å²) in [7, 11) is 0. The van der Waals surface area contributed by atoms with E-state index in [0.29, 0.717) is 13.0 Å². The van der Waals surface area contributed by atoms with Crippen molar-refractivity contribution in [3.63, 3.8) is 0 Å². The molecule has 0 unspecified atom stereocenters. The van der Waals surface area contributed by atoms with Gasteiger partial charge in [-0.1, -0.05) is 41.5 Å². The number of thiophene rings is 2. The molecule has 2 rings (SSSR count). The number of carbonyl (C=O) groups is 1. The number of aliphatic carboxylic acids is 1. The van der Waals surface area contributed by atoms with E-state index in [1.807, 2.05) is 22.7 Å². The molecule has 0 aliphatic rings. The van der Waals surface area contributed by atoms with E-state index in [1.54, 1.807) is 0 Å². The molecule has 0 fully saturated rings. The zero-order valence-corrected chi connectivity index (χ0v) is 18.4. The van der Waals surface area contributed by atoms with Crippen LogP contribution in [0.5, 0.6) is 0 Å². The molecule has 0 atom stereocenters. The molecule has 0 aliphatic heterocycles. The van der Waals surface area contributed by atoms with E-state index >= 15 is 0 Å². The van der Waals surface area contributed by atoms with Gasteiger partial charge in [0.05, 0.1) is 0 Å². The molecule has 3 nitrogen and oxygen atoms in total. The molecule has 3 N–H and O–H groups in total. The lowest BCUT2D eigenvalue weighted by molar-refractivity contribution is -0.136. The Balaban J connectivity index is 2.50. The van der Waals surface area contributed by atoms with Gasteiger partial charge in [0.25, 0.3) is 0 Å². The van der Waals surface area contributed by atoms with Gasteiger partial charge in [-0.05, 0) is 53.5 Å². The summed E-state index contributed by atoms with van der Waals surface area (Å²) in [6, 6.07) is 4.50. The molecule has 144 valence electrons. The van der Waals surface area contributed by atoms with E-state index in [1.165, 1.54) is 30.6 Å². The quantitative estimate of drug-likeness (QED) is 0.672. The molecule has 0 saturated heterocycles. The molecule has 0 spiro atoms. The standard InChI is InChI=1S/C21H31NO2S2/c1-20(2,3)18-13(7-8-17(23)24)11-15(25-18)16-12-14(9-10-22)19(26-16)21(4,5)6/h11-12H,7-10,22H2,1-6H3,(H,23,24). The second kappa shape index (κ2) is 7.83. The Morgan fingerprint density at radius 1 is 0.923 bits per heavy atom. The molecular weight excluding hydrogens is 362 g/mol. The minimum atomic E-state index is -0.742. The van der Waals surface area contributed by atoms with Crippen LogP contribution in [-0.4, -0.2) is 17.6 Å². The third-order valence-electron chi connectivity index (χ3n) is 4.25. The number of aryl methyl sites for hydroxylation is 1. The van der Waals surface area contributed by atoms with Gasteiger partial charge in [-0.2, -0.15) is 0 Å². The topological polar surface area (TPSA) is 63.3 Å². The monoisotopic (exact) mass is 393 g/mol. The number of rotatable bonds is 6. The first-order valence-electron chi connectivity index (χ1n) is 9.12. The Labute approximate surface area is 165 Å². The highest BCUT2D eigenvalue weighted by Crippen LogP contribution is 2.44. The molecule has 2 aromatic heterocycles. The highest BCUT2D eigenvalue weighted by atomic mass is 32.1. The molecule has 2 heterocycles. The van der Waals surface area contributed by atoms with Crippen LogP contribution in [0.1, 0.15) is 68.8 Å². The summed E-state index contributed by atoms with van der Waals surface area (Å²) in [5.74, 6) is -0.742. The van der Waals surface area contributed by atoms with Crippen LogP contribution >= 0.6 is 22.7 Å². The van der Waals surface area contributed by atoms with Crippen LogP contribution in [0.3, 0.4) is 0 Å². The Morgan fingerprint density at radius 3 is 1.69 bits per heavy atom. The van der Waals surface area contributed by atoms with Crippen LogP contribution in [0.4, 0.5) is 0 Å². The van der Waals surface area contributed by atoms with Crippen LogP contribution in [0, 0.1) is 0 Å². The SMILES string of the molecule is CC(C)(C)c1sc(-c2cc(CCC(=O)O)c(C(C)(C)C)s2)cc1CCN. The van der Waals surface area contributed by atoms with Crippen molar-refractivity contribution < 1.29 is 9.90 Å². The van der Waals surface area contributed by atoms with Gasteiger partial charge < -0.3 is 10.8 Å². The van der Waals surface area contributed by atoms with Gasteiger partial charge in [-0.25, -0.2) is 0 Å². The first-order valence-corrected chi connectivity index (χ1v) is 10.8. The van der Waals surface area contributed by atoms with E-state index in [-0.39, 0.29) is 17.3 Å². The van der Waals surface area contributed by atoms with E-state index in [0.717, 1.165) is 6.42 Å². The van der Waals surface area contributed by atoms with Gasteiger partial charge in [-0.3, -0.25) is 4.79 Å². The third kappa shape index (κ3) is 4.96. The second-order valence-corrected chi connectivity index (χ2v) is 11.0. The van der Waals surface area contributed by atoms with Crippen molar-refractivity contribution in [2.45, 2.75) is 71.6 Å². The number of carboxylic acids is 1. The first-order chi connectivity index (χ1) is 11.9. The molecular formula is C21H31NO2S2. The van der Waals surface area contributed by atoms with Crippen LogP contribution in [0.25, 0.3) is 9.75 Å². The van der Waals surface area contributed by atoms with Crippen molar-refractivity contribution >= 4 is 28.6 Å². The predicted octanol–water partition coefficient (Wildman–Crippen LogP) is 5.59. The van der Waals surface area contributed by atoms with Crippen molar-refractivity contribution in [1.82, 2.24) is 0 Å². The zero-order chi connectivity index (χ0) is 19.7. The fraction of sp³-hybridized carbons (Fsp3) is 0.571. The van der Waals surface area contributed by atoms with Crippen LogP contribution in [0.15, 0.2) is 12.1 Å². The summed E-state index contributed by atoms with van der Waals surface area (Å²) >= 11 is 3.66. The molecule has 0 radical (unpaired) electrons. The lowest BCUT2D eigenvalue weighted by Crippen LogP contribution is -2.13. The number of hydrogen-bond acceptors (Lipinski definition) is 4. The lowest BCUT2D eigenvalue weighted by Gasteiger charge is -2.18. The predicted molar refractivity (Wildman–Crippen MR) is 114 cm³/mol. The normalized spacial score (nSPS) is 12.6. The van der Waals surface area contributed by atoms with Gasteiger partial charge in [0.2, 0.25) is 0 Å². The van der Waals surface area contributed by atoms with Crippen LogP contribution in [0.2, 0.25) is 0 Å². The van der Waals surface area contributed by atoms with Crippen LogP contribution < -0.4 is 5.73 Å². The van der Waals surface area contributed by atoms with E-state index in [2.05, 4.69) is 53.7 Å². The smallest absolute Gasteiger partial charge is 0.303 e. The van der Waals surface area contributed by atoms with E-state index < -0.39 is 5.97 Å². The van der Waals surface area contributed by atoms with Crippen molar-refractivity contribution in [2.24, 2.45) is 5.73 Å². The molecule has 0 aliphatic carbocycles. The number of carboxylic acid groups (broad SMARTS) is 1. The molecule has 0 saturated carbocycles. The molecule has 26 heavy (non-hydrogen) atoms. The largest absolute Gasteiger partial charge is 0.481 e. The summed E-state index contributed by atoms with van der Waals surface area (Å²) in [6.45, 7) is 14.0. The summed E-state index contributed by atoms with van der Waals surface area (Å²) in [5.41, 5.74) is 8.46. The molecule has 0 amide bonds. The van der Waals surface area contributed by atoms with Crippen molar-refractivity contribution in [2.75, 3.05) is 6.54 Å². The van der Waals surface area contributed by atoms with Gasteiger partial charge in [0.15, 0.2) is 0 Å². The Hall–Kier alpha value is -1.17. The number of nitrogens with two attached hydrogens (primary N) is 1. The molecule has 0 bridgehead atoms. The van der Waals surface area contributed by atoms with Crippen molar-refractivity contribution in [1.29, 1.82) is 0 Å². The molecule has 0 aromatic carbocycles. The summed E-state index contributed by atoms with van der Waals surface area (Å²) in [4.78, 5) is 16.2. The minimum Gasteiger partial charge on any atom is -0.481 e. The zero-order valence-electron chi connectivity index (χ0n) is 16.7. The lowest BCUT2D eigenvalue weighted by atomic mass is 9.90. The first kappa shape index (κ1) is 21.1. The maximum atomic E-state index is 11.0. The maximum absolute atomic E-state index is 11.0. The maximum Gasteiger partial charge on any atom is 0.303 e. The van der Waals surface area contributed by atoms with Crippen LogP contribution in [-0.2, 0) is 28.5 Å². The molecule has 5 heteroatoms. The Kier molecular flexibility index (Phi) is 6.36. The summed E-state index contributed by atoms with van der Waals surface area (Å²) in [6.07, 6.45) is 1.66. The fourth-order valence-corrected chi connectivity index (χ4v) is 5.75. The highest BCUT2D eigenvalue weighted by molar-refractivity contribution is 7.22. The van der Waals surface area contributed by atoms with Gasteiger partial charge in [0.1, 0.15) is 0 Å². The Bertz CT molecular complexity index is 773. The van der Waals surface area contributed by atoms with Gasteiger partial charge in [-0.15, -0.1) is 22.7 Å². The van der Waals surface area contributed by atoms with Crippen molar-refractivity contribution in [3.05, 3.63) is 33.0 Å². The van der Waals surface area contributed by atoms with E-state index in [4.69, 9.17) is 10.8 Å². The summed E-state index contributed by atoms with van der Waals surface area (Å²) < 4.78 is 0. The van der Waals surface area contributed by atoms with E-state index in [9.17, 15) is 4.79 Å². The second-order valence-electron chi connectivity index (χ2n) is 8.86. The Morgan fingerprint density at radius 2 is 1.35 bits per heavy atom. The molecule has 2 aromatic rings. The highest BCUT2D eigenvalue weighted by Gasteiger charge is 2.25.